The normalized spacial score (nSPS) is 14.9. The summed E-state index contributed by atoms with van der Waals surface area (Å²) in [7, 11) is 3.08. The zero-order valence-electron chi connectivity index (χ0n) is 18.7. The van der Waals surface area contributed by atoms with E-state index in [2.05, 4.69) is 5.32 Å². The van der Waals surface area contributed by atoms with Gasteiger partial charge in [0.2, 0.25) is 0 Å². The molecule has 0 radical (unpaired) electrons. The molecular formula is C26H22N2O6. The molecule has 5 rings (SSSR count). The van der Waals surface area contributed by atoms with Crippen LogP contribution in [0.3, 0.4) is 0 Å². The Bertz CT molecular complexity index is 1300. The first-order valence-electron chi connectivity index (χ1n) is 10.7. The molecular weight excluding hydrogens is 436 g/mol. The van der Waals surface area contributed by atoms with Gasteiger partial charge in [0, 0.05) is 12.1 Å². The van der Waals surface area contributed by atoms with Crippen molar-refractivity contribution in [3.63, 3.8) is 0 Å². The van der Waals surface area contributed by atoms with Crippen molar-refractivity contribution in [2.45, 2.75) is 0 Å². The fourth-order valence-electron chi connectivity index (χ4n) is 3.96. The summed E-state index contributed by atoms with van der Waals surface area (Å²) in [5.41, 5.74) is 1.95. The number of carbonyl (C=O) groups is 2. The van der Waals surface area contributed by atoms with Crippen LogP contribution in [0.4, 0.5) is 11.4 Å². The van der Waals surface area contributed by atoms with Crippen LogP contribution in [0.25, 0.3) is 5.57 Å². The largest absolute Gasteiger partial charge is 0.497 e. The highest BCUT2D eigenvalue weighted by Crippen LogP contribution is 2.39. The molecule has 0 saturated carbocycles. The van der Waals surface area contributed by atoms with E-state index in [-0.39, 0.29) is 11.3 Å². The fourth-order valence-corrected chi connectivity index (χ4v) is 3.96. The van der Waals surface area contributed by atoms with Crippen molar-refractivity contribution in [3.05, 3.63) is 78.0 Å². The van der Waals surface area contributed by atoms with Gasteiger partial charge in [0.05, 0.1) is 31.2 Å². The third-order valence-electron chi connectivity index (χ3n) is 5.60. The summed E-state index contributed by atoms with van der Waals surface area (Å²) in [4.78, 5) is 28.4. The van der Waals surface area contributed by atoms with Gasteiger partial charge in [-0.15, -0.1) is 0 Å². The Hall–Kier alpha value is -4.46. The summed E-state index contributed by atoms with van der Waals surface area (Å²) < 4.78 is 21.9. The quantitative estimate of drug-likeness (QED) is 0.561. The van der Waals surface area contributed by atoms with Crippen LogP contribution in [0.1, 0.15) is 5.56 Å². The van der Waals surface area contributed by atoms with Gasteiger partial charge in [-0.2, -0.15) is 0 Å². The molecule has 172 valence electrons. The predicted molar refractivity (Wildman–Crippen MR) is 126 cm³/mol. The van der Waals surface area contributed by atoms with E-state index >= 15 is 0 Å². The van der Waals surface area contributed by atoms with Crippen molar-refractivity contribution in [2.75, 3.05) is 37.7 Å². The van der Waals surface area contributed by atoms with Crippen LogP contribution < -0.4 is 29.2 Å². The second kappa shape index (κ2) is 8.82. The smallest absolute Gasteiger partial charge is 0.282 e. The monoisotopic (exact) mass is 458 g/mol. The molecule has 0 saturated heterocycles. The Morgan fingerprint density at radius 3 is 2.32 bits per heavy atom. The van der Waals surface area contributed by atoms with Crippen LogP contribution in [-0.2, 0) is 9.59 Å². The van der Waals surface area contributed by atoms with E-state index in [1.807, 2.05) is 18.2 Å². The van der Waals surface area contributed by atoms with E-state index in [1.54, 1.807) is 55.6 Å². The molecule has 0 bridgehead atoms. The van der Waals surface area contributed by atoms with Crippen molar-refractivity contribution in [3.8, 4) is 23.0 Å². The zero-order valence-corrected chi connectivity index (χ0v) is 18.7. The van der Waals surface area contributed by atoms with Crippen molar-refractivity contribution in [1.29, 1.82) is 0 Å². The first-order valence-corrected chi connectivity index (χ1v) is 10.7. The number of hydrogen-bond acceptors (Lipinski definition) is 7. The number of methoxy groups -OCH3 is 2. The van der Waals surface area contributed by atoms with Gasteiger partial charge in [-0.25, -0.2) is 4.90 Å². The minimum atomic E-state index is -0.488. The molecule has 8 heteroatoms. The first kappa shape index (κ1) is 21.4. The maximum absolute atomic E-state index is 13.6. The Morgan fingerprint density at radius 2 is 1.59 bits per heavy atom. The SMILES string of the molecule is COc1ccc(NC2=C(c3ccccc3)C(=O)N(c3ccc4c(c3)OCCO4)C2=O)c(OC)c1. The molecule has 2 amide bonds. The lowest BCUT2D eigenvalue weighted by molar-refractivity contribution is -0.120. The highest BCUT2D eigenvalue weighted by molar-refractivity contribution is 6.46. The maximum Gasteiger partial charge on any atom is 0.282 e. The van der Waals surface area contributed by atoms with Gasteiger partial charge in [-0.1, -0.05) is 30.3 Å². The zero-order chi connectivity index (χ0) is 23.7. The number of ether oxygens (including phenoxy) is 4. The molecule has 3 aromatic carbocycles. The number of anilines is 2. The van der Waals surface area contributed by atoms with Gasteiger partial charge in [0.15, 0.2) is 11.5 Å². The molecule has 0 fully saturated rings. The lowest BCUT2D eigenvalue weighted by Gasteiger charge is -2.21. The standard InChI is InChI=1S/C26H22N2O6/c1-31-18-9-10-19(21(15-18)32-2)27-24-23(16-6-4-3-5-7-16)25(29)28(26(24)30)17-8-11-20-22(14-17)34-13-12-33-20/h3-11,14-15,27H,12-13H2,1-2H3. The van der Waals surface area contributed by atoms with Crippen molar-refractivity contribution < 1.29 is 28.5 Å². The number of imide groups is 1. The summed E-state index contributed by atoms with van der Waals surface area (Å²) in [6.07, 6.45) is 0. The number of rotatable bonds is 6. The molecule has 0 spiro atoms. The Morgan fingerprint density at radius 1 is 0.824 bits per heavy atom. The number of benzene rings is 3. The summed E-state index contributed by atoms with van der Waals surface area (Å²) in [6, 6.07) is 19.3. The topological polar surface area (TPSA) is 86.3 Å². The molecule has 0 unspecified atom stereocenters. The van der Waals surface area contributed by atoms with Gasteiger partial charge >= 0.3 is 0 Å². The van der Waals surface area contributed by atoms with Gasteiger partial charge in [0.25, 0.3) is 11.8 Å². The third kappa shape index (κ3) is 3.69. The lowest BCUT2D eigenvalue weighted by atomic mass is 10.0. The summed E-state index contributed by atoms with van der Waals surface area (Å²) >= 11 is 0. The van der Waals surface area contributed by atoms with Gasteiger partial charge in [0.1, 0.15) is 30.4 Å². The molecule has 0 aliphatic carbocycles. The van der Waals surface area contributed by atoms with Crippen LogP contribution in [0.15, 0.2) is 72.4 Å². The summed E-state index contributed by atoms with van der Waals surface area (Å²) in [5.74, 6) is 1.21. The second-order valence-electron chi connectivity index (χ2n) is 7.58. The van der Waals surface area contributed by atoms with Crippen molar-refractivity contribution in [2.24, 2.45) is 0 Å². The highest BCUT2D eigenvalue weighted by atomic mass is 16.6. The number of hydrogen-bond donors (Lipinski definition) is 1. The molecule has 8 nitrogen and oxygen atoms in total. The molecule has 2 aliphatic rings. The van der Waals surface area contributed by atoms with Crippen LogP contribution in [0.5, 0.6) is 23.0 Å². The van der Waals surface area contributed by atoms with Crippen LogP contribution in [0.2, 0.25) is 0 Å². The van der Waals surface area contributed by atoms with Crippen LogP contribution >= 0.6 is 0 Å². The molecule has 0 atom stereocenters. The molecule has 34 heavy (non-hydrogen) atoms. The minimum absolute atomic E-state index is 0.148. The van der Waals surface area contributed by atoms with Crippen molar-refractivity contribution >= 4 is 28.8 Å². The Labute approximate surface area is 196 Å². The first-order chi connectivity index (χ1) is 16.6. The van der Waals surface area contributed by atoms with Crippen LogP contribution in [0, 0.1) is 0 Å². The van der Waals surface area contributed by atoms with Gasteiger partial charge < -0.3 is 24.3 Å². The molecule has 2 heterocycles. The summed E-state index contributed by atoms with van der Waals surface area (Å²) in [6.45, 7) is 0.849. The Balaban J connectivity index is 1.58. The average molecular weight is 458 g/mol. The highest BCUT2D eigenvalue weighted by Gasteiger charge is 2.41. The van der Waals surface area contributed by atoms with E-state index < -0.39 is 11.8 Å². The number of nitrogens with zero attached hydrogens (tertiary/aromatic N) is 1. The fraction of sp³-hybridized carbons (Fsp3) is 0.154. The number of carbonyl (C=O) groups excluding carboxylic acids is 2. The third-order valence-corrected chi connectivity index (χ3v) is 5.60. The minimum Gasteiger partial charge on any atom is -0.497 e. The van der Waals surface area contributed by atoms with Gasteiger partial charge in [-0.05, 0) is 29.8 Å². The van der Waals surface area contributed by atoms with E-state index in [1.165, 1.54) is 7.11 Å². The van der Waals surface area contributed by atoms with Crippen molar-refractivity contribution in [1.82, 2.24) is 0 Å². The Kier molecular flexibility index (Phi) is 5.55. The lowest BCUT2D eigenvalue weighted by Crippen LogP contribution is -2.32. The van der Waals surface area contributed by atoms with E-state index in [9.17, 15) is 9.59 Å². The molecule has 0 aromatic heterocycles. The molecule has 3 aromatic rings. The number of fused-ring (bicyclic) bond motifs is 1. The number of amides is 2. The van der Waals surface area contributed by atoms with Gasteiger partial charge in [-0.3, -0.25) is 9.59 Å². The summed E-state index contributed by atoms with van der Waals surface area (Å²) in [5, 5.41) is 3.13. The van der Waals surface area contributed by atoms with Crippen LogP contribution in [-0.4, -0.2) is 39.2 Å². The molecule has 2 aliphatic heterocycles. The molecule has 1 N–H and O–H groups in total. The maximum atomic E-state index is 13.6. The van der Waals surface area contributed by atoms with E-state index in [0.29, 0.717) is 53.2 Å². The van der Waals surface area contributed by atoms with E-state index in [0.717, 1.165) is 4.90 Å². The average Bonchev–Trinajstić information content (AvgIpc) is 3.13. The number of nitrogens with one attached hydrogen (secondary N) is 1. The van der Waals surface area contributed by atoms with E-state index in [4.69, 9.17) is 18.9 Å². The predicted octanol–water partition coefficient (Wildman–Crippen LogP) is 3.87. The second-order valence-corrected chi connectivity index (χ2v) is 7.58.